The fraction of sp³-hybridized carbons (Fsp3) is 0.400. The average molecular weight is 193 g/mol. The van der Waals surface area contributed by atoms with Gasteiger partial charge in [-0.2, -0.15) is 0 Å². The predicted octanol–water partition coefficient (Wildman–Crippen LogP) is 1.40. The standard InChI is InChI=1S/C10H15N3O/c1-7(2)6-14-8-4-3-5-13-9(8)10(11)12/h3-5,7H,6H2,1-2H3,(H3,11,12). The van der Waals surface area contributed by atoms with Gasteiger partial charge >= 0.3 is 0 Å². The van der Waals surface area contributed by atoms with Crippen molar-refractivity contribution in [2.45, 2.75) is 13.8 Å². The molecule has 1 aromatic heterocycles. The average Bonchev–Trinajstić information content (AvgIpc) is 2.15. The number of hydrogen-bond acceptors (Lipinski definition) is 3. The molecule has 0 bridgehead atoms. The maximum absolute atomic E-state index is 7.30. The summed E-state index contributed by atoms with van der Waals surface area (Å²) in [5, 5.41) is 7.30. The molecule has 0 spiro atoms. The number of ether oxygens (including phenoxy) is 1. The predicted molar refractivity (Wildman–Crippen MR) is 55.6 cm³/mol. The Balaban J connectivity index is 2.79. The van der Waals surface area contributed by atoms with Gasteiger partial charge in [0.25, 0.3) is 0 Å². The van der Waals surface area contributed by atoms with Gasteiger partial charge in [0.2, 0.25) is 0 Å². The molecule has 76 valence electrons. The highest BCUT2D eigenvalue weighted by molar-refractivity contribution is 5.95. The van der Waals surface area contributed by atoms with E-state index >= 15 is 0 Å². The summed E-state index contributed by atoms with van der Waals surface area (Å²) in [6, 6.07) is 3.54. The normalized spacial score (nSPS) is 10.2. The highest BCUT2D eigenvalue weighted by atomic mass is 16.5. The first-order valence-corrected chi connectivity index (χ1v) is 4.53. The maximum Gasteiger partial charge on any atom is 0.148 e. The van der Waals surface area contributed by atoms with E-state index in [0.717, 1.165) is 0 Å². The van der Waals surface area contributed by atoms with Gasteiger partial charge in [0.1, 0.15) is 17.3 Å². The smallest absolute Gasteiger partial charge is 0.148 e. The second-order valence-electron chi connectivity index (χ2n) is 3.47. The maximum atomic E-state index is 7.30. The molecule has 4 heteroatoms. The van der Waals surface area contributed by atoms with E-state index in [-0.39, 0.29) is 5.84 Å². The van der Waals surface area contributed by atoms with Crippen LogP contribution in [0.5, 0.6) is 5.75 Å². The van der Waals surface area contributed by atoms with Crippen LogP contribution in [-0.2, 0) is 0 Å². The fourth-order valence-corrected chi connectivity index (χ4v) is 0.966. The topological polar surface area (TPSA) is 72.0 Å². The summed E-state index contributed by atoms with van der Waals surface area (Å²) in [5.74, 6) is 0.952. The summed E-state index contributed by atoms with van der Waals surface area (Å²) in [7, 11) is 0. The first kappa shape index (κ1) is 10.5. The summed E-state index contributed by atoms with van der Waals surface area (Å²) >= 11 is 0. The zero-order valence-electron chi connectivity index (χ0n) is 8.45. The third kappa shape index (κ3) is 2.73. The van der Waals surface area contributed by atoms with Crippen LogP contribution < -0.4 is 10.5 Å². The third-order valence-corrected chi connectivity index (χ3v) is 1.60. The number of hydrogen-bond donors (Lipinski definition) is 2. The summed E-state index contributed by atoms with van der Waals surface area (Å²) in [5.41, 5.74) is 5.77. The number of rotatable bonds is 4. The molecule has 0 saturated heterocycles. The van der Waals surface area contributed by atoms with Crippen molar-refractivity contribution >= 4 is 5.84 Å². The summed E-state index contributed by atoms with van der Waals surface area (Å²) < 4.78 is 5.48. The second-order valence-corrected chi connectivity index (χ2v) is 3.47. The molecule has 1 rings (SSSR count). The molecule has 0 aliphatic carbocycles. The van der Waals surface area contributed by atoms with E-state index in [1.54, 1.807) is 18.3 Å². The number of nitrogen functional groups attached to an aromatic ring is 1. The fourth-order valence-electron chi connectivity index (χ4n) is 0.966. The number of aromatic nitrogens is 1. The van der Waals surface area contributed by atoms with E-state index in [1.807, 2.05) is 0 Å². The van der Waals surface area contributed by atoms with Crippen LogP contribution in [0.4, 0.5) is 0 Å². The minimum atomic E-state index is -0.0654. The highest BCUT2D eigenvalue weighted by Gasteiger charge is 2.07. The van der Waals surface area contributed by atoms with Gasteiger partial charge in [0.05, 0.1) is 6.61 Å². The highest BCUT2D eigenvalue weighted by Crippen LogP contribution is 2.15. The molecule has 0 fully saturated rings. The largest absolute Gasteiger partial charge is 0.491 e. The quantitative estimate of drug-likeness (QED) is 0.560. The SMILES string of the molecule is CC(C)COc1cccnc1C(=N)N. The molecule has 0 atom stereocenters. The Morgan fingerprint density at radius 3 is 2.93 bits per heavy atom. The molecule has 0 unspecified atom stereocenters. The zero-order valence-corrected chi connectivity index (χ0v) is 8.45. The van der Waals surface area contributed by atoms with Gasteiger partial charge in [-0.05, 0) is 18.1 Å². The van der Waals surface area contributed by atoms with Crippen molar-refractivity contribution in [1.29, 1.82) is 5.41 Å². The van der Waals surface area contributed by atoms with Crippen LogP contribution >= 0.6 is 0 Å². The number of nitrogens with zero attached hydrogens (tertiary/aromatic N) is 1. The molecule has 0 aliphatic heterocycles. The van der Waals surface area contributed by atoms with E-state index in [0.29, 0.717) is 24.0 Å². The van der Waals surface area contributed by atoms with E-state index in [1.165, 1.54) is 0 Å². The van der Waals surface area contributed by atoms with E-state index in [2.05, 4.69) is 18.8 Å². The monoisotopic (exact) mass is 193 g/mol. The molecular weight excluding hydrogens is 178 g/mol. The molecule has 3 N–H and O–H groups in total. The van der Waals surface area contributed by atoms with Gasteiger partial charge in [-0.1, -0.05) is 13.8 Å². The second kappa shape index (κ2) is 4.60. The Kier molecular flexibility index (Phi) is 3.45. The minimum Gasteiger partial charge on any atom is -0.491 e. The van der Waals surface area contributed by atoms with Gasteiger partial charge < -0.3 is 10.5 Å². The number of nitrogens with two attached hydrogens (primary N) is 1. The van der Waals surface area contributed by atoms with Crippen LogP contribution in [0.15, 0.2) is 18.3 Å². The summed E-state index contributed by atoms with van der Waals surface area (Å²) in [4.78, 5) is 3.98. The van der Waals surface area contributed by atoms with Crippen molar-refractivity contribution in [2.24, 2.45) is 11.7 Å². The van der Waals surface area contributed by atoms with E-state index in [9.17, 15) is 0 Å². The van der Waals surface area contributed by atoms with Gasteiger partial charge in [-0.25, -0.2) is 4.98 Å². The first-order chi connectivity index (χ1) is 6.61. The lowest BCUT2D eigenvalue weighted by Gasteiger charge is -2.10. The minimum absolute atomic E-state index is 0.0654. The van der Waals surface area contributed by atoms with Gasteiger partial charge in [0, 0.05) is 6.20 Å². The Morgan fingerprint density at radius 2 is 2.36 bits per heavy atom. The molecule has 0 radical (unpaired) electrons. The van der Waals surface area contributed by atoms with Crippen LogP contribution in [0, 0.1) is 11.3 Å². The molecular formula is C10H15N3O. The van der Waals surface area contributed by atoms with Crippen molar-refractivity contribution < 1.29 is 4.74 Å². The Morgan fingerprint density at radius 1 is 1.64 bits per heavy atom. The van der Waals surface area contributed by atoms with Gasteiger partial charge in [-0.3, -0.25) is 5.41 Å². The molecule has 0 aliphatic rings. The Labute approximate surface area is 83.6 Å². The summed E-state index contributed by atoms with van der Waals surface area (Å²) in [6.45, 7) is 4.72. The van der Waals surface area contributed by atoms with Crippen molar-refractivity contribution in [3.05, 3.63) is 24.0 Å². The number of pyridine rings is 1. The lowest BCUT2D eigenvalue weighted by atomic mass is 10.2. The first-order valence-electron chi connectivity index (χ1n) is 4.53. The molecule has 0 aromatic carbocycles. The Hall–Kier alpha value is -1.58. The Bertz CT molecular complexity index is 323. The molecule has 0 saturated carbocycles. The zero-order chi connectivity index (χ0) is 10.6. The molecule has 4 nitrogen and oxygen atoms in total. The molecule has 0 amide bonds. The molecule has 1 aromatic rings. The van der Waals surface area contributed by atoms with Crippen LogP contribution in [0.3, 0.4) is 0 Å². The lowest BCUT2D eigenvalue weighted by molar-refractivity contribution is 0.269. The molecule has 14 heavy (non-hydrogen) atoms. The summed E-state index contributed by atoms with van der Waals surface area (Å²) in [6.07, 6.45) is 1.60. The molecule has 1 heterocycles. The van der Waals surface area contributed by atoms with Gasteiger partial charge in [-0.15, -0.1) is 0 Å². The van der Waals surface area contributed by atoms with Crippen LogP contribution in [0.2, 0.25) is 0 Å². The van der Waals surface area contributed by atoms with E-state index < -0.39 is 0 Å². The van der Waals surface area contributed by atoms with Crippen LogP contribution in [-0.4, -0.2) is 17.4 Å². The van der Waals surface area contributed by atoms with Crippen molar-refractivity contribution in [1.82, 2.24) is 4.98 Å². The van der Waals surface area contributed by atoms with Gasteiger partial charge in [0.15, 0.2) is 0 Å². The lowest BCUT2D eigenvalue weighted by Crippen LogP contribution is -2.16. The third-order valence-electron chi connectivity index (χ3n) is 1.60. The van der Waals surface area contributed by atoms with Crippen molar-refractivity contribution in [3.8, 4) is 5.75 Å². The number of amidine groups is 1. The van der Waals surface area contributed by atoms with Crippen LogP contribution in [0.25, 0.3) is 0 Å². The van der Waals surface area contributed by atoms with E-state index in [4.69, 9.17) is 15.9 Å². The van der Waals surface area contributed by atoms with Crippen molar-refractivity contribution in [2.75, 3.05) is 6.61 Å². The number of nitrogens with one attached hydrogen (secondary N) is 1. The van der Waals surface area contributed by atoms with Crippen LogP contribution in [0.1, 0.15) is 19.5 Å². The van der Waals surface area contributed by atoms with Crippen molar-refractivity contribution in [3.63, 3.8) is 0 Å².